The molecular formula is C20H21N3O3S. The van der Waals surface area contributed by atoms with Gasteiger partial charge in [0.15, 0.2) is 5.82 Å². The van der Waals surface area contributed by atoms with Gasteiger partial charge in [0.2, 0.25) is 9.84 Å². The van der Waals surface area contributed by atoms with Crippen molar-refractivity contribution in [2.75, 3.05) is 7.11 Å². The summed E-state index contributed by atoms with van der Waals surface area (Å²) in [6.07, 6.45) is 1.62. The second kappa shape index (κ2) is 7.75. The molecule has 27 heavy (non-hydrogen) atoms. The van der Waals surface area contributed by atoms with E-state index in [4.69, 9.17) is 4.74 Å². The smallest absolute Gasteiger partial charge is 0.250 e. The van der Waals surface area contributed by atoms with Crippen LogP contribution in [-0.2, 0) is 22.1 Å². The van der Waals surface area contributed by atoms with Crippen LogP contribution in [0.15, 0.2) is 66.3 Å². The number of allylic oxidation sites excluding steroid dienone is 1. The van der Waals surface area contributed by atoms with Crippen LogP contribution >= 0.6 is 0 Å². The lowest BCUT2D eigenvalue weighted by molar-refractivity contribution is 0.416. The fourth-order valence-electron chi connectivity index (χ4n) is 2.81. The van der Waals surface area contributed by atoms with E-state index < -0.39 is 9.84 Å². The number of rotatable bonds is 7. The van der Waals surface area contributed by atoms with Crippen molar-refractivity contribution in [1.29, 1.82) is 0 Å². The van der Waals surface area contributed by atoms with Crippen molar-refractivity contribution in [1.82, 2.24) is 14.8 Å². The van der Waals surface area contributed by atoms with Crippen LogP contribution < -0.4 is 4.74 Å². The summed E-state index contributed by atoms with van der Waals surface area (Å²) in [4.78, 5) is 0. The molecule has 0 unspecified atom stereocenters. The summed E-state index contributed by atoms with van der Waals surface area (Å²) in [5.41, 5.74) is 2.45. The van der Waals surface area contributed by atoms with Crippen LogP contribution in [0.4, 0.5) is 0 Å². The minimum atomic E-state index is -3.69. The average molecular weight is 383 g/mol. The Balaban J connectivity index is 2.06. The molecule has 1 heterocycles. The largest absolute Gasteiger partial charge is 0.496 e. The summed E-state index contributed by atoms with van der Waals surface area (Å²) >= 11 is 0. The van der Waals surface area contributed by atoms with Gasteiger partial charge in [0.05, 0.1) is 18.4 Å². The van der Waals surface area contributed by atoms with E-state index in [0.717, 1.165) is 5.56 Å². The number of benzene rings is 2. The lowest BCUT2D eigenvalue weighted by Gasteiger charge is -2.11. The maximum Gasteiger partial charge on any atom is 0.250 e. The zero-order valence-electron chi connectivity index (χ0n) is 15.3. The zero-order chi connectivity index (χ0) is 19.4. The van der Waals surface area contributed by atoms with Crippen LogP contribution in [0.25, 0.3) is 11.4 Å². The molecule has 0 fully saturated rings. The molecule has 6 nitrogen and oxygen atoms in total. The Bertz CT molecular complexity index is 1050. The lowest BCUT2D eigenvalue weighted by Crippen LogP contribution is -2.13. The molecule has 0 atom stereocenters. The molecule has 140 valence electrons. The molecule has 3 rings (SSSR count). The van der Waals surface area contributed by atoms with Gasteiger partial charge in [0.25, 0.3) is 5.16 Å². The van der Waals surface area contributed by atoms with Gasteiger partial charge in [0, 0.05) is 6.54 Å². The summed E-state index contributed by atoms with van der Waals surface area (Å²) in [7, 11) is -2.13. The van der Waals surface area contributed by atoms with Crippen LogP contribution in [0, 0.1) is 6.92 Å². The van der Waals surface area contributed by atoms with Crippen LogP contribution in [0.1, 0.15) is 11.1 Å². The van der Waals surface area contributed by atoms with Crippen molar-refractivity contribution < 1.29 is 13.2 Å². The van der Waals surface area contributed by atoms with Gasteiger partial charge >= 0.3 is 0 Å². The topological polar surface area (TPSA) is 74.1 Å². The number of ether oxygens (including phenoxy) is 1. The SMILES string of the molecule is C=CCn1c(-c2ccccc2OC)nnc1S(=O)(=O)Cc1ccc(C)cc1. The van der Waals surface area contributed by atoms with E-state index in [1.807, 2.05) is 49.4 Å². The first-order chi connectivity index (χ1) is 13.0. The second-order valence-corrected chi connectivity index (χ2v) is 8.03. The highest BCUT2D eigenvalue weighted by Gasteiger charge is 2.26. The Hall–Kier alpha value is -2.93. The number of aromatic nitrogens is 3. The molecule has 0 aliphatic rings. The third-order valence-electron chi connectivity index (χ3n) is 4.13. The highest BCUT2D eigenvalue weighted by Crippen LogP contribution is 2.30. The number of nitrogens with zero attached hydrogens (tertiary/aromatic N) is 3. The summed E-state index contributed by atoms with van der Waals surface area (Å²) in [5, 5.41) is 8.06. The molecule has 0 aliphatic heterocycles. The first-order valence-corrected chi connectivity index (χ1v) is 10.1. The average Bonchev–Trinajstić information content (AvgIpc) is 3.08. The molecule has 0 aliphatic carbocycles. The number of para-hydroxylation sites is 1. The molecular weight excluding hydrogens is 362 g/mol. The molecule has 0 radical (unpaired) electrons. The predicted molar refractivity (Wildman–Crippen MR) is 104 cm³/mol. The van der Waals surface area contributed by atoms with E-state index in [-0.39, 0.29) is 17.5 Å². The van der Waals surface area contributed by atoms with Crippen LogP contribution in [0.3, 0.4) is 0 Å². The monoisotopic (exact) mass is 383 g/mol. The highest BCUT2D eigenvalue weighted by atomic mass is 32.2. The van der Waals surface area contributed by atoms with Gasteiger partial charge in [-0.15, -0.1) is 16.8 Å². The fourth-order valence-corrected chi connectivity index (χ4v) is 4.23. The molecule has 0 bridgehead atoms. The van der Waals surface area contributed by atoms with Crippen LogP contribution in [0.2, 0.25) is 0 Å². The summed E-state index contributed by atoms with van der Waals surface area (Å²) in [6, 6.07) is 14.7. The Kier molecular flexibility index (Phi) is 5.41. The highest BCUT2D eigenvalue weighted by molar-refractivity contribution is 7.90. The minimum Gasteiger partial charge on any atom is -0.496 e. The van der Waals surface area contributed by atoms with Crippen molar-refractivity contribution in [2.45, 2.75) is 24.4 Å². The molecule has 0 N–H and O–H groups in total. The van der Waals surface area contributed by atoms with Crippen molar-refractivity contribution in [2.24, 2.45) is 0 Å². The number of aryl methyl sites for hydroxylation is 1. The maximum absolute atomic E-state index is 13.0. The van der Waals surface area contributed by atoms with Gasteiger partial charge in [-0.1, -0.05) is 48.0 Å². The van der Waals surface area contributed by atoms with E-state index in [1.165, 1.54) is 0 Å². The second-order valence-electron chi connectivity index (χ2n) is 6.15. The standard InChI is InChI=1S/C20H21N3O3S/c1-4-13-23-19(17-7-5-6-8-18(17)26-3)21-22-20(23)27(24,25)14-16-11-9-15(2)10-12-16/h4-12H,1,13-14H2,2-3H3. The van der Waals surface area contributed by atoms with Gasteiger partial charge in [-0.2, -0.15) is 0 Å². The third kappa shape index (κ3) is 3.93. The molecule has 1 aromatic heterocycles. The van der Waals surface area contributed by atoms with E-state index >= 15 is 0 Å². The summed E-state index contributed by atoms with van der Waals surface area (Å²) in [5.74, 6) is 0.876. The fraction of sp³-hybridized carbons (Fsp3) is 0.200. The van der Waals surface area contributed by atoms with Crippen molar-refractivity contribution in [3.63, 3.8) is 0 Å². The van der Waals surface area contributed by atoms with E-state index in [0.29, 0.717) is 22.7 Å². The third-order valence-corrected chi connectivity index (χ3v) is 5.70. The quantitative estimate of drug-likeness (QED) is 0.585. The Morgan fingerprint density at radius 1 is 1.11 bits per heavy atom. The Labute approximate surface area is 159 Å². The molecule has 3 aromatic rings. The molecule has 0 saturated heterocycles. The summed E-state index contributed by atoms with van der Waals surface area (Å²) < 4.78 is 32.9. The minimum absolute atomic E-state index is 0.0797. The van der Waals surface area contributed by atoms with Crippen LogP contribution in [-0.4, -0.2) is 30.3 Å². The van der Waals surface area contributed by atoms with Crippen LogP contribution in [0.5, 0.6) is 5.75 Å². The van der Waals surface area contributed by atoms with Crippen molar-refractivity contribution in [3.8, 4) is 17.1 Å². The van der Waals surface area contributed by atoms with E-state index in [9.17, 15) is 8.42 Å². The Morgan fingerprint density at radius 3 is 2.48 bits per heavy atom. The van der Waals surface area contributed by atoms with Crippen molar-refractivity contribution in [3.05, 3.63) is 72.3 Å². The van der Waals surface area contributed by atoms with Gasteiger partial charge in [-0.25, -0.2) is 8.42 Å². The first-order valence-electron chi connectivity index (χ1n) is 8.42. The van der Waals surface area contributed by atoms with Crippen molar-refractivity contribution >= 4 is 9.84 Å². The number of hydrogen-bond donors (Lipinski definition) is 0. The molecule has 7 heteroatoms. The first kappa shape index (κ1) is 18.8. The number of sulfone groups is 1. The normalized spacial score (nSPS) is 11.3. The van der Waals surface area contributed by atoms with Gasteiger partial charge in [-0.05, 0) is 24.6 Å². The molecule has 2 aromatic carbocycles. The number of methoxy groups -OCH3 is 1. The molecule has 0 spiro atoms. The maximum atomic E-state index is 13.0. The predicted octanol–water partition coefficient (Wildman–Crippen LogP) is 3.42. The zero-order valence-corrected chi connectivity index (χ0v) is 16.1. The molecule has 0 saturated carbocycles. The van der Waals surface area contributed by atoms with Gasteiger partial charge in [-0.3, -0.25) is 4.57 Å². The Morgan fingerprint density at radius 2 is 1.81 bits per heavy atom. The van der Waals surface area contributed by atoms with E-state index in [2.05, 4.69) is 16.8 Å². The molecule has 0 amide bonds. The summed E-state index contributed by atoms with van der Waals surface area (Å²) in [6.45, 7) is 5.95. The van der Waals surface area contributed by atoms with Gasteiger partial charge in [0.1, 0.15) is 5.75 Å². The lowest BCUT2D eigenvalue weighted by atomic mass is 10.2. The number of hydrogen-bond acceptors (Lipinski definition) is 5. The van der Waals surface area contributed by atoms with E-state index in [1.54, 1.807) is 23.8 Å². The van der Waals surface area contributed by atoms with Gasteiger partial charge < -0.3 is 4.74 Å².